The largest absolute Gasteiger partial charge is 0.353 e. The lowest BCUT2D eigenvalue weighted by molar-refractivity contribution is -0.152. The van der Waals surface area contributed by atoms with Gasteiger partial charge in [-0.05, 0) is 30.6 Å². The Morgan fingerprint density at radius 2 is 0.957 bits per heavy atom. The predicted molar refractivity (Wildman–Crippen MR) is 102 cm³/mol. The maximum atomic E-state index is 5.98. The van der Waals surface area contributed by atoms with E-state index in [4.69, 9.17) is 9.47 Å². The fourth-order valence-corrected chi connectivity index (χ4v) is 2.66. The number of hydrogen-bond donors (Lipinski definition) is 0. The number of ether oxygens (including phenoxy) is 2. The molecule has 0 aromatic carbocycles. The van der Waals surface area contributed by atoms with Crippen LogP contribution in [0.4, 0.5) is 0 Å². The fraction of sp³-hybridized carbons (Fsp3) is 1.00. The molecule has 23 heavy (non-hydrogen) atoms. The number of unbranched alkanes of at least 4 members (excludes halogenated alkanes) is 4. The van der Waals surface area contributed by atoms with Gasteiger partial charge in [-0.3, -0.25) is 0 Å². The summed E-state index contributed by atoms with van der Waals surface area (Å²) < 4.78 is 12.0. The minimum absolute atomic E-state index is 0.00481. The third kappa shape index (κ3) is 18.1. The van der Waals surface area contributed by atoms with Gasteiger partial charge in [-0.25, -0.2) is 0 Å². The van der Waals surface area contributed by atoms with E-state index in [0.29, 0.717) is 5.92 Å². The van der Waals surface area contributed by atoms with Crippen molar-refractivity contribution in [2.45, 2.75) is 106 Å². The minimum Gasteiger partial charge on any atom is -0.353 e. The molecule has 2 nitrogen and oxygen atoms in total. The van der Waals surface area contributed by atoms with Crippen LogP contribution in [0.1, 0.15) is 99.3 Å². The molecule has 0 fully saturated rings. The van der Waals surface area contributed by atoms with Crippen LogP contribution >= 0.6 is 0 Å². The van der Waals surface area contributed by atoms with Gasteiger partial charge in [-0.2, -0.15) is 0 Å². The van der Waals surface area contributed by atoms with E-state index in [1.165, 1.54) is 51.4 Å². The highest BCUT2D eigenvalue weighted by atomic mass is 16.7. The lowest BCUT2D eigenvalue weighted by Gasteiger charge is -2.20. The quantitative estimate of drug-likeness (QED) is 0.228. The van der Waals surface area contributed by atoms with Gasteiger partial charge in [0.05, 0.1) is 0 Å². The first-order valence-electron chi connectivity index (χ1n) is 10.1. The summed E-state index contributed by atoms with van der Waals surface area (Å²) >= 11 is 0. The average Bonchev–Trinajstić information content (AvgIpc) is 2.44. The van der Waals surface area contributed by atoms with Crippen molar-refractivity contribution in [1.82, 2.24) is 0 Å². The molecule has 0 aliphatic rings. The van der Waals surface area contributed by atoms with Crippen molar-refractivity contribution in [1.29, 1.82) is 0 Å². The Labute approximate surface area is 146 Å². The highest BCUT2D eigenvalue weighted by Gasteiger charge is 2.11. The molecule has 0 aliphatic heterocycles. The third-order valence-electron chi connectivity index (χ3n) is 4.12. The number of hydrogen-bond acceptors (Lipinski definition) is 2. The molecule has 0 rings (SSSR count). The van der Waals surface area contributed by atoms with Crippen molar-refractivity contribution in [3.63, 3.8) is 0 Å². The van der Waals surface area contributed by atoms with Gasteiger partial charge in [0.25, 0.3) is 0 Å². The van der Waals surface area contributed by atoms with Gasteiger partial charge in [0.15, 0.2) is 6.29 Å². The highest BCUT2D eigenvalue weighted by molar-refractivity contribution is 4.53. The summed E-state index contributed by atoms with van der Waals surface area (Å²) in [7, 11) is 0. The van der Waals surface area contributed by atoms with Crippen LogP contribution in [0.5, 0.6) is 0 Å². The summed E-state index contributed by atoms with van der Waals surface area (Å²) in [6.07, 6.45) is 11.2. The molecule has 0 saturated carbocycles. The van der Waals surface area contributed by atoms with E-state index in [1.807, 2.05) is 0 Å². The van der Waals surface area contributed by atoms with E-state index in [0.717, 1.165) is 31.5 Å². The van der Waals surface area contributed by atoms with Crippen molar-refractivity contribution >= 4 is 0 Å². The van der Waals surface area contributed by atoms with Crippen molar-refractivity contribution < 1.29 is 9.47 Å². The van der Waals surface area contributed by atoms with E-state index < -0.39 is 0 Å². The van der Waals surface area contributed by atoms with E-state index in [2.05, 4.69) is 41.5 Å². The van der Waals surface area contributed by atoms with Crippen molar-refractivity contribution in [2.75, 3.05) is 13.2 Å². The van der Waals surface area contributed by atoms with Crippen molar-refractivity contribution in [2.24, 2.45) is 17.8 Å². The molecule has 0 heterocycles. The van der Waals surface area contributed by atoms with Gasteiger partial charge in [0, 0.05) is 19.6 Å². The zero-order valence-corrected chi connectivity index (χ0v) is 16.9. The summed E-state index contributed by atoms with van der Waals surface area (Å²) in [5, 5.41) is 0. The van der Waals surface area contributed by atoms with Gasteiger partial charge in [-0.15, -0.1) is 0 Å². The van der Waals surface area contributed by atoms with E-state index >= 15 is 0 Å². The Kier molecular flexibility index (Phi) is 15.4. The van der Waals surface area contributed by atoms with Gasteiger partial charge in [0.1, 0.15) is 0 Å². The molecule has 140 valence electrons. The second kappa shape index (κ2) is 15.4. The first-order chi connectivity index (χ1) is 10.9. The Balaban J connectivity index is 3.68. The van der Waals surface area contributed by atoms with Gasteiger partial charge in [0.2, 0.25) is 0 Å². The molecule has 0 unspecified atom stereocenters. The Morgan fingerprint density at radius 1 is 0.522 bits per heavy atom. The van der Waals surface area contributed by atoms with Crippen molar-refractivity contribution in [3.8, 4) is 0 Å². The van der Waals surface area contributed by atoms with Crippen molar-refractivity contribution in [3.05, 3.63) is 0 Å². The van der Waals surface area contributed by atoms with E-state index in [9.17, 15) is 0 Å². The molecule has 0 N–H and O–H groups in total. The Bertz CT molecular complexity index is 216. The summed E-state index contributed by atoms with van der Waals surface area (Å²) in [5.41, 5.74) is 0. The smallest absolute Gasteiger partial charge is 0.157 e. The van der Waals surface area contributed by atoms with Gasteiger partial charge >= 0.3 is 0 Å². The average molecular weight is 329 g/mol. The first-order valence-corrected chi connectivity index (χ1v) is 10.1. The lowest BCUT2D eigenvalue weighted by Crippen LogP contribution is -2.21. The monoisotopic (exact) mass is 328 g/mol. The van der Waals surface area contributed by atoms with Crippen LogP contribution in [0.25, 0.3) is 0 Å². The standard InChI is InChI=1S/C21H44O2/c1-18(2)13-9-7-11-15-22-21(17-20(5)6)23-16-12-8-10-14-19(3)4/h18-21H,7-17H2,1-6H3. The van der Waals surface area contributed by atoms with E-state index in [1.54, 1.807) is 0 Å². The molecule has 0 aromatic rings. The summed E-state index contributed by atoms with van der Waals surface area (Å²) in [4.78, 5) is 0. The zero-order valence-electron chi connectivity index (χ0n) is 16.9. The van der Waals surface area contributed by atoms with Crippen LogP contribution in [-0.4, -0.2) is 19.5 Å². The van der Waals surface area contributed by atoms with Crippen LogP contribution in [0, 0.1) is 17.8 Å². The molecule has 0 aliphatic carbocycles. The topological polar surface area (TPSA) is 18.5 Å². The van der Waals surface area contributed by atoms with Crippen LogP contribution in [0.15, 0.2) is 0 Å². The van der Waals surface area contributed by atoms with Crippen LogP contribution in [-0.2, 0) is 9.47 Å². The SMILES string of the molecule is CC(C)CCCCCOC(CC(C)C)OCCCCCC(C)C. The molecular weight excluding hydrogens is 284 g/mol. The van der Waals surface area contributed by atoms with Crippen LogP contribution in [0.3, 0.4) is 0 Å². The molecule has 0 radical (unpaired) electrons. The number of rotatable bonds is 16. The molecule has 2 heteroatoms. The second-order valence-electron chi connectivity index (χ2n) is 8.29. The molecule has 0 spiro atoms. The highest BCUT2D eigenvalue weighted by Crippen LogP contribution is 2.14. The maximum absolute atomic E-state index is 5.98. The van der Waals surface area contributed by atoms with Crippen LogP contribution in [0.2, 0.25) is 0 Å². The molecule has 0 aromatic heterocycles. The zero-order chi connectivity index (χ0) is 17.5. The lowest BCUT2D eigenvalue weighted by atomic mass is 10.1. The van der Waals surface area contributed by atoms with E-state index in [-0.39, 0.29) is 6.29 Å². The molecule has 0 saturated heterocycles. The Morgan fingerprint density at radius 3 is 1.30 bits per heavy atom. The third-order valence-corrected chi connectivity index (χ3v) is 4.12. The fourth-order valence-electron chi connectivity index (χ4n) is 2.66. The predicted octanol–water partition coefficient (Wildman–Crippen LogP) is 6.82. The molecule has 0 atom stereocenters. The maximum Gasteiger partial charge on any atom is 0.157 e. The summed E-state index contributed by atoms with van der Waals surface area (Å²) in [5.74, 6) is 2.27. The Hall–Kier alpha value is -0.0800. The molecular formula is C21H44O2. The van der Waals surface area contributed by atoms with Gasteiger partial charge in [-0.1, -0.05) is 80.1 Å². The minimum atomic E-state index is 0.00481. The normalized spacial score (nSPS) is 12.3. The first kappa shape index (κ1) is 22.9. The summed E-state index contributed by atoms with van der Waals surface area (Å²) in [6.45, 7) is 15.4. The van der Waals surface area contributed by atoms with Crippen LogP contribution < -0.4 is 0 Å². The molecule has 0 amide bonds. The second-order valence-corrected chi connectivity index (χ2v) is 8.29. The van der Waals surface area contributed by atoms with Gasteiger partial charge < -0.3 is 9.47 Å². The molecule has 0 bridgehead atoms. The summed E-state index contributed by atoms with van der Waals surface area (Å²) in [6, 6.07) is 0.